The smallest absolute Gasteiger partial charge is 0.167 e. The standard InChI is InChI=1S/C18H22N2O/c1-2-4-12-11-17(21)15-6-3-5-14-13-7-9-19-10-8-16(13)20(12)18(14)15/h3,5-6,12,19H,2,4,7-11H2,1H3. The topological polar surface area (TPSA) is 34.0 Å². The van der Waals surface area contributed by atoms with E-state index in [9.17, 15) is 4.79 Å². The number of para-hydroxylation sites is 1. The van der Waals surface area contributed by atoms with Crippen LogP contribution in [0.5, 0.6) is 0 Å². The largest absolute Gasteiger partial charge is 0.340 e. The molecule has 0 fully saturated rings. The Morgan fingerprint density at radius 1 is 1.29 bits per heavy atom. The summed E-state index contributed by atoms with van der Waals surface area (Å²) < 4.78 is 2.53. The molecular weight excluding hydrogens is 260 g/mol. The summed E-state index contributed by atoms with van der Waals surface area (Å²) in [6, 6.07) is 6.64. The van der Waals surface area contributed by atoms with E-state index in [1.165, 1.54) is 22.2 Å². The van der Waals surface area contributed by atoms with Crippen LogP contribution in [-0.2, 0) is 12.8 Å². The van der Waals surface area contributed by atoms with Gasteiger partial charge in [0, 0.05) is 42.1 Å². The van der Waals surface area contributed by atoms with Crippen LogP contribution in [0.15, 0.2) is 18.2 Å². The molecule has 3 nitrogen and oxygen atoms in total. The summed E-state index contributed by atoms with van der Waals surface area (Å²) >= 11 is 0. The summed E-state index contributed by atoms with van der Waals surface area (Å²) in [7, 11) is 0. The van der Waals surface area contributed by atoms with Gasteiger partial charge < -0.3 is 9.88 Å². The van der Waals surface area contributed by atoms with E-state index in [4.69, 9.17) is 0 Å². The van der Waals surface area contributed by atoms with E-state index in [0.717, 1.165) is 44.3 Å². The number of fused-ring (bicyclic) bond motifs is 3. The van der Waals surface area contributed by atoms with Crippen molar-refractivity contribution >= 4 is 16.7 Å². The van der Waals surface area contributed by atoms with Crippen LogP contribution in [0.4, 0.5) is 0 Å². The van der Waals surface area contributed by atoms with Gasteiger partial charge in [-0.15, -0.1) is 0 Å². The molecule has 0 aliphatic carbocycles. The van der Waals surface area contributed by atoms with Gasteiger partial charge in [0.25, 0.3) is 0 Å². The first-order chi connectivity index (χ1) is 10.3. The number of hydrogen-bond acceptors (Lipinski definition) is 2. The molecule has 3 heteroatoms. The summed E-state index contributed by atoms with van der Waals surface area (Å²) in [5, 5.41) is 4.82. The van der Waals surface area contributed by atoms with Gasteiger partial charge in [-0.3, -0.25) is 4.79 Å². The maximum absolute atomic E-state index is 12.5. The van der Waals surface area contributed by atoms with Crippen molar-refractivity contribution in [2.24, 2.45) is 0 Å². The second-order valence-corrected chi connectivity index (χ2v) is 6.32. The molecule has 0 saturated heterocycles. The molecule has 2 aliphatic heterocycles. The lowest BCUT2D eigenvalue weighted by molar-refractivity contribution is 0.0954. The number of carbonyl (C=O) groups is 1. The monoisotopic (exact) mass is 282 g/mol. The highest BCUT2D eigenvalue weighted by molar-refractivity contribution is 6.09. The first-order valence-electron chi connectivity index (χ1n) is 8.19. The lowest BCUT2D eigenvalue weighted by atomic mass is 9.94. The van der Waals surface area contributed by atoms with E-state index in [-0.39, 0.29) is 0 Å². The van der Waals surface area contributed by atoms with Crippen LogP contribution in [0, 0.1) is 0 Å². The molecular formula is C18H22N2O. The fraction of sp³-hybridized carbons (Fsp3) is 0.500. The second-order valence-electron chi connectivity index (χ2n) is 6.32. The number of benzene rings is 1. The Hall–Kier alpha value is -1.61. The molecule has 0 amide bonds. The Bertz CT molecular complexity index is 714. The van der Waals surface area contributed by atoms with Crippen LogP contribution >= 0.6 is 0 Å². The van der Waals surface area contributed by atoms with Crippen LogP contribution in [0.1, 0.15) is 53.8 Å². The quantitative estimate of drug-likeness (QED) is 0.917. The third kappa shape index (κ3) is 1.87. The molecule has 1 aromatic carbocycles. The zero-order valence-corrected chi connectivity index (χ0v) is 12.6. The molecule has 2 aliphatic rings. The Morgan fingerprint density at radius 2 is 2.14 bits per heavy atom. The number of carbonyl (C=O) groups excluding carboxylic acids is 1. The van der Waals surface area contributed by atoms with Crippen molar-refractivity contribution in [3.8, 4) is 0 Å². The Balaban J connectivity index is 2.04. The maximum Gasteiger partial charge on any atom is 0.167 e. The van der Waals surface area contributed by atoms with Gasteiger partial charge >= 0.3 is 0 Å². The summed E-state index contributed by atoms with van der Waals surface area (Å²) in [5.41, 5.74) is 5.13. The third-order valence-corrected chi connectivity index (χ3v) is 5.04. The van der Waals surface area contributed by atoms with Gasteiger partial charge in [-0.25, -0.2) is 0 Å². The van der Waals surface area contributed by atoms with Crippen LogP contribution in [0.3, 0.4) is 0 Å². The molecule has 0 spiro atoms. The Morgan fingerprint density at radius 3 is 3.00 bits per heavy atom. The van der Waals surface area contributed by atoms with Crippen molar-refractivity contribution in [2.75, 3.05) is 13.1 Å². The number of nitrogens with zero attached hydrogens (tertiary/aromatic N) is 1. The fourth-order valence-corrected chi connectivity index (χ4v) is 4.19. The number of nitrogens with one attached hydrogen (secondary N) is 1. The van der Waals surface area contributed by atoms with Crippen molar-refractivity contribution in [3.05, 3.63) is 35.0 Å². The average Bonchev–Trinajstić information content (AvgIpc) is 2.65. The van der Waals surface area contributed by atoms with Crippen LogP contribution in [0.25, 0.3) is 10.9 Å². The van der Waals surface area contributed by atoms with Gasteiger partial charge in [-0.05, 0) is 31.0 Å². The normalized spacial score (nSPS) is 21.4. The molecule has 21 heavy (non-hydrogen) atoms. The molecule has 2 aromatic rings. The fourth-order valence-electron chi connectivity index (χ4n) is 4.19. The number of hydrogen-bond donors (Lipinski definition) is 1. The van der Waals surface area contributed by atoms with E-state index in [1.807, 2.05) is 6.07 Å². The van der Waals surface area contributed by atoms with Crippen molar-refractivity contribution in [2.45, 2.75) is 45.1 Å². The van der Waals surface area contributed by atoms with Gasteiger partial charge in [-0.2, -0.15) is 0 Å². The van der Waals surface area contributed by atoms with E-state index < -0.39 is 0 Å². The van der Waals surface area contributed by atoms with E-state index in [0.29, 0.717) is 18.2 Å². The zero-order chi connectivity index (χ0) is 14.4. The first kappa shape index (κ1) is 13.1. The van der Waals surface area contributed by atoms with Crippen LogP contribution < -0.4 is 5.32 Å². The lowest BCUT2D eigenvalue weighted by Crippen LogP contribution is -2.23. The molecule has 1 aromatic heterocycles. The molecule has 3 heterocycles. The minimum Gasteiger partial charge on any atom is -0.340 e. The van der Waals surface area contributed by atoms with Crippen molar-refractivity contribution in [1.29, 1.82) is 0 Å². The Labute approximate surface area is 125 Å². The second kappa shape index (κ2) is 4.99. The predicted molar refractivity (Wildman–Crippen MR) is 85.1 cm³/mol. The highest BCUT2D eigenvalue weighted by Crippen LogP contribution is 2.39. The molecule has 0 bridgehead atoms. The number of ketones is 1. The van der Waals surface area contributed by atoms with Gasteiger partial charge in [0.2, 0.25) is 0 Å². The summed E-state index contributed by atoms with van der Waals surface area (Å²) in [5.74, 6) is 0.331. The van der Waals surface area contributed by atoms with Gasteiger partial charge in [0.15, 0.2) is 5.78 Å². The minimum atomic E-state index is 0.331. The number of aromatic nitrogens is 1. The number of rotatable bonds is 2. The van der Waals surface area contributed by atoms with E-state index >= 15 is 0 Å². The SMILES string of the molecule is CCCC1CC(=O)c2cccc3c4c(n1c23)CCNCC4. The van der Waals surface area contributed by atoms with E-state index in [1.54, 1.807) is 0 Å². The van der Waals surface area contributed by atoms with Gasteiger partial charge in [0.05, 0.1) is 5.52 Å². The van der Waals surface area contributed by atoms with Crippen LogP contribution in [0.2, 0.25) is 0 Å². The molecule has 4 rings (SSSR count). The Kier molecular flexibility index (Phi) is 3.11. The molecule has 1 N–H and O–H groups in total. The summed E-state index contributed by atoms with van der Waals surface area (Å²) in [6.07, 6.45) is 5.07. The maximum atomic E-state index is 12.5. The highest BCUT2D eigenvalue weighted by atomic mass is 16.1. The summed E-state index contributed by atoms with van der Waals surface area (Å²) in [4.78, 5) is 12.5. The molecule has 0 radical (unpaired) electrons. The van der Waals surface area contributed by atoms with Crippen molar-refractivity contribution < 1.29 is 4.79 Å². The zero-order valence-electron chi connectivity index (χ0n) is 12.6. The summed E-state index contributed by atoms with van der Waals surface area (Å²) in [6.45, 7) is 4.31. The molecule has 1 unspecified atom stereocenters. The first-order valence-corrected chi connectivity index (χ1v) is 8.19. The third-order valence-electron chi connectivity index (χ3n) is 5.04. The highest BCUT2D eigenvalue weighted by Gasteiger charge is 2.31. The van der Waals surface area contributed by atoms with Crippen LogP contribution in [-0.4, -0.2) is 23.4 Å². The molecule has 110 valence electrons. The van der Waals surface area contributed by atoms with Crippen molar-refractivity contribution in [1.82, 2.24) is 9.88 Å². The minimum absolute atomic E-state index is 0.331. The van der Waals surface area contributed by atoms with Gasteiger partial charge in [-0.1, -0.05) is 25.5 Å². The predicted octanol–water partition coefficient (Wildman–Crippen LogP) is 3.26. The number of Topliss-reactive ketones (excluding diaryl/α,β-unsaturated/α-hetero) is 1. The lowest BCUT2D eigenvalue weighted by Gasteiger charge is -2.27. The van der Waals surface area contributed by atoms with E-state index in [2.05, 4.69) is 28.9 Å². The van der Waals surface area contributed by atoms with Crippen molar-refractivity contribution in [3.63, 3.8) is 0 Å². The van der Waals surface area contributed by atoms with Gasteiger partial charge in [0.1, 0.15) is 0 Å². The average molecular weight is 282 g/mol. The molecule has 1 atom stereocenters. The molecule has 0 saturated carbocycles.